The molecule has 1 aliphatic rings. The molecular formula is C20H20F4N6O3. The minimum Gasteiger partial charge on any atom is -0.465 e. The monoisotopic (exact) mass is 468 g/mol. The summed E-state index contributed by atoms with van der Waals surface area (Å²) in [5.74, 6) is -4.95. The fourth-order valence-electron chi connectivity index (χ4n) is 3.98. The lowest BCUT2D eigenvalue weighted by Gasteiger charge is -2.44. The number of primary amides is 1. The van der Waals surface area contributed by atoms with Crippen molar-refractivity contribution in [2.75, 3.05) is 11.9 Å². The lowest BCUT2D eigenvalue weighted by molar-refractivity contribution is -0.192. The van der Waals surface area contributed by atoms with Crippen LogP contribution in [0.3, 0.4) is 0 Å². The first-order chi connectivity index (χ1) is 15.4. The van der Waals surface area contributed by atoms with Crippen LogP contribution in [-0.2, 0) is 0 Å². The van der Waals surface area contributed by atoms with E-state index in [1.165, 1.54) is 30.5 Å². The summed E-state index contributed by atoms with van der Waals surface area (Å²) in [5.41, 5.74) is 5.67. The number of likely N-dealkylation sites (tertiary alicyclic amines) is 1. The molecule has 2 heterocycles. The number of amides is 2. The van der Waals surface area contributed by atoms with Crippen molar-refractivity contribution in [2.45, 2.75) is 31.6 Å². The van der Waals surface area contributed by atoms with Gasteiger partial charge in [-0.05, 0) is 30.7 Å². The van der Waals surface area contributed by atoms with E-state index in [1.807, 2.05) is 6.07 Å². The number of hydrogen-bond acceptors (Lipinski definition) is 5. The van der Waals surface area contributed by atoms with Gasteiger partial charge in [0.05, 0.1) is 30.0 Å². The molecular weight excluding hydrogens is 448 g/mol. The Kier molecular flexibility index (Phi) is 6.48. The second-order valence-electron chi connectivity index (χ2n) is 7.68. The van der Waals surface area contributed by atoms with Crippen molar-refractivity contribution in [1.82, 2.24) is 14.7 Å². The van der Waals surface area contributed by atoms with E-state index in [4.69, 9.17) is 5.73 Å². The Morgan fingerprint density at radius 1 is 1.33 bits per heavy atom. The van der Waals surface area contributed by atoms with Crippen LogP contribution < -0.4 is 11.1 Å². The molecule has 1 saturated heterocycles. The number of benzene rings is 1. The van der Waals surface area contributed by atoms with Gasteiger partial charge in [0.1, 0.15) is 11.4 Å². The van der Waals surface area contributed by atoms with Gasteiger partial charge in [0.25, 0.3) is 5.91 Å². The molecule has 1 fully saturated rings. The summed E-state index contributed by atoms with van der Waals surface area (Å²) in [6.45, 7) is 0.558. The maximum Gasteiger partial charge on any atom is 0.407 e. The largest absolute Gasteiger partial charge is 0.465 e. The van der Waals surface area contributed by atoms with Gasteiger partial charge in [-0.25, -0.2) is 9.18 Å². The molecule has 1 aromatic heterocycles. The van der Waals surface area contributed by atoms with Gasteiger partial charge in [-0.3, -0.25) is 9.48 Å². The molecule has 9 nitrogen and oxygen atoms in total. The maximum absolute atomic E-state index is 13.5. The summed E-state index contributed by atoms with van der Waals surface area (Å²) < 4.78 is 54.8. The van der Waals surface area contributed by atoms with Gasteiger partial charge in [0.2, 0.25) is 0 Å². The lowest BCUT2D eigenvalue weighted by atomic mass is 9.79. The Bertz CT molecular complexity index is 1080. The average molecular weight is 468 g/mol. The Balaban J connectivity index is 2.00. The third kappa shape index (κ3) is 4.84. The molecule has 4 atom stereocenters. The van der Waals surface area contributed by atoms with Crippen LogP contribution in [0.4, 0.5) is 33.9 Å². The Morgan fingerprint density at radius 2 is 1.97 bits per heavy atom. The van der Waals surface area contributed by atoms with E-state index in [0.29, 0.717) is 10.6 Å². The normalized spacial score (nSPS) is 21.8. The van der Waals surface area contributed by atoms with Gasteiger partial charge in [-0.2, -0.15) is 23.5 Å². The summed E-state index contributed by atoms with van der Waals surface area (Å²) >= 11 is 0. The number of nitriles is 1. The number of hydrogen-bond donors (Lipinski definition) is 3. The highest BCUT2D eigenvalue weighted by Crippen LogP contribution is 2.42. The van der Waals surface area contributed by atoms with Gasteiger partial charge in [0.15, 0.2) is 5.82 Å². The maximum atomic E-state index is 13.5. The highest BCUT2D eigenvalue weighted by molar-refractivity contribution is 5.98. The molecule has 176 valence electrons. The van der Waals surface area contributed by atoms with E-state index in [2.05, 4.69) is 10.4 Å². The number of halogens is 4. The molecule has 4 N–H and O–H groups in total. The van der Waals surface area contributed by atoms with Crippen LogP contribution in [0, 0.1) is 29.0 Å². The first-order valence-electron chi connectivity index (χ1n) is 9.81. The number of aromatic nitrogens is 2. The zero-order chi connectivity index (χ0) is 24.5. The van der Waals surface area contributed by atoms with Crippen molar-refractivity contribution >= 4 is 23.5 Å². The summed E-state index contributed by atoms with van der Waals surface area (Å²) in [7, 11) is 0. The number of piperidine rings is 1. The Hall–Kier alpha value is -3.82. The van der Waals surface area contributed by atoms with E-state index < -0.39 is 47.9 Å². The SMILES string of the molecule is CC(C1[C@@H](C#N)[C@@H](n2cc(C(N)=O)c(Nc3ccc(F)cc3)n2)CCN1C(=O)O)C(F)(F)F. The van der Waals surface area contributed by atoms with Crippen molar-refractivity contribution in [1.29, 1.82) is 5.26 Å². The average Bonchev–Trinajstić information content (AvgIpc) is 3.16. The molecule has 0 bridgehead atoms. The molecule has 2 aromatic rings. The molecule has 3 rings (SSSR count). The number of anilines is 2. The Labute approximate surface area is 185 Å². The second kappa shape index (κ2) is 8.97. The minimum absolute atomic E-state index is 0.0124. The summed E-state index contributed by atoms with van der Waals surface area (Å²) in [5, 5.41) is 26.2. The fourth-order valence-corrected chi connectivity index (χ4v) is 3.98. The third-order valence-electron chi connectivity index (χ3n) is 5.68. The number of carboxylic acid groups (broad SMARTS) is 1. The van der Waals surface area contributed by atoms with Crippen LogP contribution in [0.5, 0.6) is 0 Å². The first-order valence-corrected chi connectivity index (χ1v) is 9.81. The minimum atomic E-state index is -4.74. The predicted octanol–water partition coefficient (Wildman–Crippen LogP) is 3.50. The van der Waals surface area contributed by atoms with Crippen LogP contribution in [0.25, 0.3) is 0 Å². The zero-order valence-corrected chi connectivity index (χ0v) is 17.3. The fraction of sp³-hybridized carbons (Fsp3) is 0.400. The van der Waals surface area contributed by atoms with Crippen LogP contribution in [-0.4, -0.2) is 50.6 Å². The number of carbonyl (C=O) groups excluding carboxylic acids is 1. The molecule has 1 aliphatic heterocycles. The molecule has 0 saturated carbocycles. The van der Waals surface area contributed by atoms with Gasteiger partial charge in [0, 0.05) is 18.4 Å². The van der Waals surface area contributed by atoms with Crippen molar-refractivity contribution in [3.8, 4) is 6.07 Å². The quantitative estimate of drug-likeness (QED) is 0.575. The van der Waals surface area contributed by atoms with Crippen LogP contribution in [0.1, 0.15) is 29.7 Å². The third-order valence-corrected chi connectivity index (χ3v) is 5.68. The van der Waals surface area contributed by atoms with Gasteiger partial charge in [-0.15, -0.1) is 0 Å². The van der Waals surface area contributed by atoms with Crippen LogP contribution >= 0.6 is 0 Å². The van der Waals surface area contributed by atoms with E-state index in [-0.39, 0.29) is 24.3 Å². The first kappa shape index (κ1) is 23.8. The molecule has 0 radical (unpaired) electrons. The van der Waals surface area contributed by atoms with Crippen molar-refractivity contribution in [3.05, 3.63) is 41.8 Å². The number of rotatable bonds is 5. The van der Waals surface area contributed by atoms with E-state index in [9.17, 15) is 37.5 Å². The second-order valence-corrected chi connectivity index (χ2v) is 7.68. The summed E-state index contributed by atoms with van der Waals surface area (Å²) in [4.78, 5) is 24.2. The van der Waals surface area contributed by atoms with Crippen molar-refractivity contribution in [3.63, 3.8) is 0 Å². The van der Waals surface area contributed by atoms with Gasteiger partial charge >= 0.3 is 12.3 Å². The highest BCUT2D eigenvalue weighted by atomic mass is 19.4. The zero-order valence-electron chi connectivity index (χ0n) is 17.3. The summed E-state index contributed by atoms with van der Waals surface area (Å²) in [6.07, 6.45) is -5.12. The van der Waals surface area contributed by atoms with Crippen LogP contribution in [0.15, 0.2) is 30.5 Å². The van der Waals surface area contributed by atoms with Crippen LogP contribution in [0.2, 0.25) is 0 Å². The number of nitrogens with two attached hydrogens (primary N) is 1. The smallest absolute Gasteiger partial charge is 0.407 e. The summed E-state index contributed by atoms with van der Waals surface area (Å²) in [6, 6.07) is 4.26. The molecule has 1 aromatic carbocycles. The molecule has 0 aliphatic carbocycles. The number of carbonyl (C=O) groups is 2. The van der Waals surface area contributed by atoms with Crippen molar-refractivity contribution in [2.24, 2.45) is 17.6 Å². The van der Waals surface area contributed by atoms with E-state index in [0.717, 1.165) is 11.6 Å². The standard InChI is InChI=1S/C20H20F4N6O3/c1-10(20(22,23)24)16-13(8-25)15(6-7-29(16)19(32)33)30-9-14(17(26)31)18(28-30)27-12-4-2-11(21)3-5-12/h2-5,9-10,13,15-16H,6-7H2,1H3,(H2,26,31)(H,27,28)(H,32,33)/t10?,13-,15-,16?/m0/s1. The van der Waals surface area contributed by atoms with E-state index >= 15 is 0 Å². The molecule has 0 spiro atoms. The number of alkyl halides is 3. The lowest BCUT2D eigenvalue weighted by Crippen LogP contribution is -2.56. The molecule has 33 heavy (non-hydrogen) atoms. The predicted molar refractivity (Wildman–Crippen MR) is 107 cm³/mol. The molecule has 13 heteroatoms. The van der Waals surface area contributed by atoms with Crippen molar-refractivity contribution < 1.29 is 32.3 Å². The molecule has 2 amide bonds. The molecule has 2 unspecified atom stereocenters. The van der Waals surface area contributed by atoms with Gasteiger partial charge in [-0.1, -0.05) is 6.92 Å². The van der Waals surface area contributed by atoms with Gasteiger partial charge < -0.3 is 21.1 Å². The topological polar surface area (TPSA) is 137 Å². The Morgan fingerprint density at radius 3 is 2.48 bits per heavy atom. The number of nitrogens with one attached hydrogen (secondary N) is 1. The van der Waals surface area contributed by atoms with E-state index in [1.54, 1.807) is 0 Å². The highest BCUT2D eigenvalue weighted by Gasteiger charge is 2.52. The number of nitrogens with zero attached hydrogens (tertiary/aromatic N) is 4.